The zero-order valence-electron chi connectivity index (χ0n) is 11.4. The molecule has 3 rings (SSSR count). The molecule has 0 bridgehead atoms. The van der Waals surface area contributed by atoms with Crippen LogP contribution >= 0.6 is 0 Å². The fraction of sp³-hybridized carbons (Fsp3) is 0.583. The van der Waals surface area contributed by atoms with Gasteiger partial charge in [0.05, 0.1) is 0 Å². The molecular formula is C12H18N6O. The molecule has 19 heavy (non-hydrogen) atoms. The molecule has 0 aromatic carbocycles. The lowest BCUT2D eigenvalue weighted by atomic mass is 10.0. The molecule has 1 aliphatic rings. The number of aromatic nitrogens is 4. The summed E-state index contributed by atoms with van der Waals surface area (Å²) < 4.78 is 1.48. The molecule has 1 saturated heterocycles. The monoisotopic (exact) mass is 262 g/mol. The van der Waals surface area contributed by atoms with Crippen molar-refractivity contribution in [1.29, 1.82) is 0 Å². The summed E-state index contributed by atoms with van der Waals surface area (Å²) in [6.45, 7) is 8.91. The fourth-order valence-corrected chi connectivity index (χ4v) is 2.63. The Morgan fingerprint density at radius 3 is 2.95 bits per heavy atom. The van der Waals surface area contributed by atoms with Gasteiger partial charge in [-0.05, 0) is 20.8 Å². The zero-order chi connectivity index (χ0) is 13.6. The molecule has 2 N–H and O–H groups in total. The highest BCUT2D eigenvalue weighted by Crippen LogP contribution is 2.24. The van der Waals surface area contributed by atoms with Gasteiger partial charge < -0.3 is 10.2 Å². The van der Waals surface area contributed by atoms with Crippen molar-refractivity contribution < 1.29 is 0 Å². The Kier molecular flexibility index (Phi) is 2.60. The predicted molar refractivity (Wildman–Crippen MR) is 72.6 cm³/mol. The molecule has 102 valence electrons. The number of aromatic amines is 1. The van der Waals surface area contributed by atoms with Gasteiger partial charge in [-0.2, -0.15) is 5.10 Å². The van der Waals surface area contributed by atoms with Gasteiger partial charge in [-0.15, -0.1) is 0 Å². The van der Waals surface area contributed by atoms with Gasteiger partial charge in [-0.3, -0.25) is 0 Å². The number of rotatable bonds is 1. The third-order valence-corrected chi connectivity index (χ3v) is 3.63. The number of aryl methyl sites for hydroxylation is 1. The first-order valence-corrected chi connectivity index (χ1v) is 6.42. The maximum atomic E-state index is 11.6. The van der Waals surface area contributed by atoms with Crippen LogP contribution in [0.4, 0.5) is 5.82 Å². The van der Waals surface area contributed by atoms with Gasteiger partial charge in [-0.25, -0.2) is 19.3 Å². The van der Waals surface area contributed by atoms with E-state index in [4.69, 9.17) is 0 Å². The molecule has 0 aliphatic carbocycles. The van der Waals surface area contributed by atoms with Crippen molar-refractivity contribution in [2.75, 3.05) is 24.5 Å². The van der Waals surface area contributed by atoms with E-state index in [0.717, 1.165) is 25.5 Å². The molecule has 0 amide bonds. The molecule has 2 aromatic rings. The maximum absolute atomic E-state index is 11.6. The minimum Gasteiger partial charge on any atom is -0.349 e. The molecule has 3 heterocycles. The van der Waals surface area contributed by atoms with E-state index in [0.29, 0.717) is 11.5 Å². The third-order valence-electron chi connectivity index (χ3n) is 3.63. The number of nitrogens with one attached hydrogen (secondary N) is 2. The number of nitrogens with zero attached hydrogens (tertiary/aromatic N) is 4. The second-order valence-corrected chi connectivity index (χ2v) is 5.52. The summed E-state index contributed by atoms with van der Waals surface area (Å²) in [4.78, 5) is 18.4. The first kappa shape index (κ1) is 12.2. The quantitative estimate of drug-likeness (QED) is 0.751. The van der Waals surface area contributed by atoms with Crippen LogP contribution < -0.4 is 15.9 Å². The highest BCUT2D eigenvalue weighted by atomic mass is 16.1. The van der Waals surface area contributed by atoms with Crippen molar-refractivity contribution in [3.8, 4) is 0 Å². The van der Waals surface area contributed by atoms with E-state index in [9.17, 15) is 4.79 Å². The van der Waals surface area contributed by atoms with Gasteiger partial charge in [0.2, 0.25) is 0 Å². The number of fused-ring (bicyclic) bond motifs is 1. The number of hydrogen-bond donors (Lipinski definition) is 2. The lowest BCUT2D eigenvalue weighted by Gasteiger charge is -2.43. The highest BCUT2D eigenvalue weighted by molar-refractivity contribution is 5.53. The van der Waals surface area contributed by atoms with Crippen LogP contribution in [0.15, 0.2) is 10.9 Å². The number of H-pyrrole nitrogens is 1. The van der Waals surface area contributed by atoms with Crippen LogP contribution in [0, 0.1) is 6.92 Å². The maximum Gasteiger partial charge on any atom is 0.349 e. The molecule has 0 radical (unpaired) electrons. The number of anilines is 1. The van der Waals surface area contributed by atoms with E-state index in [-0.39, 0.29) is 11.2 Å². The number of hydrogen-bond acceptors (Lipinski definition) is 5. The van der Waals surface area contributed by atoms with Gasteiger partial charge in [0.1, 0.15) is 11.6 Å². The van der Waals surface area contributed by atoms with Crippen molar-refractivity contribution in [2.24, 2.45) is 0 Å². The van der Waals surface area contributed by atoms with Crippen LogP contribution in [0.25, 0.3) is 5.65 Å². The summed E-state index contributed by atoms with van der Waals surface area (Å²) >= 11 is 0. The van der Waals surface area contributed by atoms with Crippen molar-refractivity contribution in [1.82, 2.24) is 24.9 Å². The lowest BCUT2D eigenvalue weighted by Crippen LogP contribution is -2.58. The normalized spacial score (nSPS) is 19.0. The van der Waals surface area contributed by atoms with Crippen molar-refractivity contribution in [3.05, 3.63) is 22.4 Å². The van der Waals surface area contributed by atoms with Crippen LogP contribution in [-0.2, 0) is 0 Å². The van der Waals surface area contributed by atoms with E-state index in [1.54, 1.807) is 0 Å². The Morgan fingerprint density at radius 2 is 2.21 bits per heavy atom. The summed E-state index contributed by atoms with van der Waals surface area (Å²) in [5.41, 5.74) is 0.361. The van der Waals surface area contributed by atoms with Gasteiger partial charge in [0.15, 0.2) is 5.65 Å². The molecular weight excluding hydrogens is 244 g/mol. The third kappa shape index (κ3) is 1.90. The van der Waals surface area contributed by atoms with Crippen molar-refractivity contribution >= 4 is 11.5 Å². The summed E-state index contributed by atoms with van der Waals surface area (Å²) in [6.07, 6.45) is 0. The zero-order valence-corrected chi connectivity index (χ0v) is 11.4. The molecule has 7 nitrogen and oxygen atoms in total. The first-order chi connectivity index (χ1) is 8.99. The summed E-state index contributed by atoms with van der Waals surface area (Å²) in [5.74, 6) is 1.52. The summed E-state index contributed by atoms with van der Waals surface area (Å²) in [6, 6.07) is 1.86. The van der Waals surface area contributed by atoms with E-state index >= 15 is 0 Å². The Labute approximate surface area is 110 Å². The smallest absolute Gasteiger partial charge is 0.349 e. The molecule has 0 spiro atoms. The minimum atomic E-state index is -0.244. The fourth-order valence-electron chi connectivity index (χ4n) is 2.63. The van der Waals surface area contributed by atoms with E-state index in [1.807, 2.05) is 13.0 Å². The Hall–Kier alpha value is -1.89. The van der Waals surface area contributed by atoms with Crippen molar-refractivity contribution in [2.45, 2.75) is 26.3 Å². The van der Waals surface area contributed by atoms with Crippen LogP contribution in [0.5, 0.6) is 0 Å². The predicted octanol–water partition coefficient (Wildman–Crippen LogP) is -0.0858. The topological polar surface area (TPSA) is 78.3 Å². The van der Waals surface area contributed by atoms with Gasteiger partial charge in [-0.1, -0.05) is 0 Å². The van der Waals surface area contributed by atoms with E-state index in [1.165, 1.54) is 4.40 Å². The Balaban J connectivity index is 2.12. The first-order valence-electron chi connectivity index (χ1n) is 6.42. The second-order valence-electron chi connectivity index (χ2n) is 5.52. The van der Waals surface area contributed by atoms with Gasteiger partial charge in [0, 0.05) is 31.2 Å². The number of piperazine rings is 1. The van der Waals surface area contributed by atoms with E-state index < -0.39 is 0 Å². The Bertz CT molecular complexity index is 670. The van der Waals surface area contributed by atoms with Crippen LogP contribution in [0.1, 0.15) is 19.7 Å². The van der Waals surface area contributed by atoms with Crippen LogP contribution in [0.3, 0.4) is 0 Å². The minimum absolute atomic E-state index is 0.00731. The Morgan fingerprint density at radius 1 is 1.42 bits per heavy atom. The van der Waals surface area contributed by atoms with Crippen LogP contribution in [-0.4, -0.2) is 44.8 Å². The van der Waals surface area contributed by atoms with E-state index in [2.05, 4.69) is 39.2 Å². The lowest BCUT2D eigenvalue weighted by molar-refractivity contribution is 0.377. The molecule has 7 heteroatoms. The van der Waals surface area contributed by atoms with Crippen LogP contribution in [0.2, 0.25) is 0 Å². The molecule has 0 atom stereocenters. The molecule has 1 aliphatic heterocycles. The summed E-state index contributed by atoms with van der Waals surface area (Å²) in [5, 5.41) is 9.86. The molecule has 2 aromatic heterocycles. The largest absolute Gasteiger partial charge is 0.349 e. The highest BCUT2D eigenvalue weighted by Gasteiger charge is 2.31. The van der Waals surface area contributed by atoms with Gasteiger partial charge >= 0.3 is 5.69 Å². The second kappa shape index (κ2) is 4.06. The van der Waals surface area contributed by atoms with Gasteiger partial charge in [0.25, 0.3) is 0 Å². The molecule has 0 saturated carbocycles. The molecule has 0 unspecified atom stereocenters. The average Bonchev–Trinajstić information content (AvgIpc) is 2.70. The van der Waals surface area contributed by atoms with Crippen molar-refractivity contribution in [3.63, 3.8) is 0 Å². The average molecular weight is 262 g/mol. The SMILES string of the molecule is Cc1nc(N2CCNCC2(C)C)cc2n[nH]c(=O)n12. The summed E-state index contributed by atoms with van der Waals surface area (Å²) in [7, 11) is 0. The standard InChI is InChI=1S/C12H18N6O/c1-8-14-9(6-10-15-16-11(19)18(8)10)17-5-4-13-7-12(17,2)3/h6,13H,4-5,7H2,1-3H3,(H,16,19). The molecule has 1 fully saturated rings.